The molecular weight excluding hydrogens is 348 g/mol. The molecule has 4 aromatic rings. The van der Waals surface area contributed by atoms with Gasteiger partial charge in [0.25, 0.3) is 0 Å². The lowest BCUT2D eigenvalue weighted by Crippen LogP contribution is -1.84. The first-order valence-electron chi connectivity index (χ1n) is 6.54. The lowest BCUT2D eigenvalue weighted by Gasteiger charge is -2.03. The summed E-state index contributed by atoms with van der Waals surface area (Å²) in [7, 11) is 0. The number of hydrogen-bond acceptors (Lipinski definition) is 1. The molecule has 1 N–H and O–H groups in total. The molecule has 21 heavy (non-hydrogen) atoms. The van der Waals surface area contributed by atoms with E-state index >= 15 is 0 Å². The Hall–Kier alpha value is -1.84. The zero-order chi connectivity index (χ0) is 14.4. The Labute approximate surface area is 134 Å². The van der Waals surface area contributed by atoms with Crippen molar-refractivity contribution >= 4 is 49.3 Å². The second-order valence-electron chi connectivity index (χ2n) is 4.93. The quantitative estimate of drug-likeness (QED) is 0.458. The average molecular weight is 358 g/mol. The van der Waals surface area contributed by atoms with Gasteiger partial charge in [-0.3, -0.25) is 0 Å². The van der Waals surface area contributed by atoms with Gasteiger partial charge in [-0.25, -0.2) is 4.98 Å². The predicted octanol–water partition coefficient (Wildman–Crippen LogP) is 5.80. The maximum atomic E-state index is 6.02. The highest BCUT2D eigenvalue weighted by atomic mass is 79.9. The molecule has 2 aromatic heterocycles. The maximum absolute atomic E-state index is 6.02. The normalized spacial score (nSPS) is 11.3. The van der Waals surface area contributed by atoms with Crippen molar-refractivity contribution in [3.63, 3.8) is 0 Å². The van der Waals surface area contributed by atoms with Crippen LogP contribution in [0.2, 0.25) is 5.02 Å². The summed E-state index contributed by atoms with van der Waals surface area (Å²) in [6.07, 6.45) is 2.00. The van der Waals surface area contributed by atoms with Gasteiger partial charge < -0.3 is 4.98 Å². The van der Waals surface area contributed by atoms with Gasteiger partial charge in [0.2, 0.25) is 0 Å². The van der Waals surface area contributed by atoms with Crippen molar-refractivity contribution in [2.75, 3.05) is 0 Å². The van der Waals surface area contributed by atoms with Gasteiger partial charge in [0.1, 0.15) is 0 Å². The molecule has 2 aromatic carbocycles. The molecule has 0 radical (unpaired) electrons. The van der Waals surface area contributed by atoms with Crippen molar-refractivity contribution in [2.45, 2.75) is 0 Å². The second-order valence-corrected chi connectivity index (χ2v) is 6.28. The minimum absolute atomic E-state index is 0.730. The molecule has 0 bridgehead atoms. The summed E-state index contributed by atoms with van der Waals surface area (Å²) in [6.45, 7) is 0. The maximum Gasteiger partial charge on any atom is 0.0731 e. The zero-order valence-electron chi connectivity index (χ0n) is 10.9. The van der Waals surface area contributed by atoms with Crippen LogP contribution in [0.15, 0.2) is 59.2 Å². The fourth-order valence-electron chi connectivity index (χ4n) is 2.55. The third-order valence-corrected chi connectivity index (χ3v) is 4.30. The van der Waals surface area contributed by atoms with E-state index < -0.39 is 0 Å². The SMILES string of the molecule is Clc1ccc2nc(-c3c[nH]c4ccc(Br)cc34)ccc2c1. The van der Waals surface area contributed by atoms with E-state index in [1.807, 2.05) is 36.5 Å². The minimum Gasteiger partial charge on any atom is -0.360 e. The third kappa shape index (κ3) is 2.23. The number of aromatic nitrogens is 2. The van der Waals surface area contributed by atoms with Crippen molar-refractivity contribution in [1.82, 2.24) is 9.97 Å². The van der Waals surface area contributed by atoms with E-state index in [1.54, 1.807) is 0 Å². The van der Waals surface area contributed by atoms with Gasteiger partial charge in [-0.2, -0.15) is 0 Å². The van der Waals surface area contributed by atoms with Gasteiger partial charge in [0.15, 0.2) is 0 Å². The summed E-state index contributed by atoms with van der Waals surface area (Å²) in [5.74, 6) is 0. The average Bonchev–Trinajstić information content (AvgIpc) is 2.89. The minimum atomic E-state index is 0.730. The summed E-state index contributed by atoms with van der Waals surface area (Å²) in [5, 5.41) is 2.94. The first-order chi connectivity index (χ1) is 10.2. The number of nitrogens with zero attached hydrogens (tertiary/aromatic N) is 1. The van der Waals surface area contributed by atoms with Crippen molar-refractivity contribution in [2.24, 2.45) is 0 Å². The number of benzene rings is 2. The van der Waals surface area contributed by atoms with Crippen LogP contribution in [0.25, 0.3) is 33.1 Å². The molecule has 0 spiro atoms. The van der Waals surface area contributed by atoms with E-state index in [-0.39, 0.29) is 0 Å². The van der Waals surface area contributed by atoms with E-state index in [1.165, 1.54) is 0 Å². The van der Waals surface area contributed by atoms with Crippen LogP contribution in [0.3, 0.4) is 0 Å². The van der Waals surface area contributed by atoms with E-state index in [4.69, 9.17) is 16.6 Å². The van der Waals surface area contributed by atoms with Crippen LogP contribution < -0.4 is 0 Å². The number of nitrogens with one attached hydrogen (secondary N) is 1. The highest BCUT2D eigenvalue weighted by molar-refractivity contribution is 9.10. The number of hydrogen-bond donors (Lipinski definition) is 1. The van der Waals surface area contributed by atoms with E-state index in [0.717, 1.165) is 42.6 Å². The number of halogens is 2. The van der Waals surface area contributed by atoms with Crippen LogP contribution >= 0.6 is 27.5 Å². The zero-order valence-corrected chi connectivity index (χ0v) is 13.2. The first-order valence-corrected chi connectivity index (χ1v) is 7.71. The Morgan fingerprint density at radius 2 is 1.90 bits per heavy atom. The van der Waals surface area contributed by atoms with Crippen LogP contribution in [-0.4, -0.2) is 9.97 Å². The third-order valence-electron chi connectivity index (χ3n) is 3.57. The van der Waals surface area contributed by atoms with Crippen LogP contribution in [0.5, 0.6) is 0 Å². The van der Waals surface area contributed by atoms with Gasteiger partial charge in [0.05, 0.1) is 11.2 Å². The molecule has 0 amide bonds. The molecule has 102 valence electrons. The van der Waals surface area contributed by atoms with Crippen LogP contribution in [0.1, 0.15) is 0 Å². The van der Waals surface area contributed by atoms with Crippen molar-refractivity contribution < 1.29 is 0 Å². The number of rotatable bonds is 1. The van der Waals surface area contributed by atoms with Crippen molar-refractivity contribution in [3.05, 3.63) is 64.2 Å². The highest BCUT2D eigenvalue weighted by Gasteiger charge is 2.08. The Kier molecular flexibility index (Phi) is 2.98. The second kappa shape index (κ2) is 4.86. The molecule has 2 nitrogen and oxygen atoms in total. The van der Waals surface area contributed by atoms with Gasteiger partial charge in [-0.05, 0) is 42.5 Å². The van der Waals surface area contributed by atoms with Gasteiger partial charge >= 0.3 is 0 Å². The molecule has 0 aliphatic heterocycles. The number of H-pyrrole nitrogens is 1. The van der Waals surface area contributed by atoms with E-state index in [0.29, 0.717) is 0 Å². The fraction of sp³-hybridized carbons (Fsp3) is 0. The number of pyridine rings is 1. The molecule has 0 unspecified atom stereocenters. The van der Waals surface area contributed by atoms with Gasteiger partial charge in [0, 0.05) is 37.5 Å². The molecule has 0 atom stereocenters. The molecule has 2 heterocycles. The standard InChI is InChI=1S/C17H10BrClN2/c18-11-2-5-16-13(8-11)14(9-20-16)17-4-1-10-7-12(19)3-6-15(10)21-17/h1-9,20H. The van der Waals surface area contributed by atoms with Gasteiger partial charge in [-0.15, -0.1) is 0 Å². The van der Waals surface area contributed by atoms with Crippen molar-refractivity contribution in [1.29, 1.82) is 0 Å². The Morgan fingerprint density at radius 1 is 1.00 bits per heavy atom. The molecule has 0 saturated heterocycles. The largest absolute Gasteiger partial charge is 0.360 e. The van der Waals surface area contributed by atoms with E-state index in [9.17, 15) is 0 Å². The predicted molar refractivity (Wildman–Crippen MR) is 91.7 cm³/mol. The van der Waals surface area contributed by atoms with Crippen LogP contribution in [-0.2, 0) is 0 Å². The molecular formula is C17H10BrClN2. The lowest BCUT2D eigenvalue weighted by atomic mass is 10.1. The summed E-state index contributed by atoms with van der Waals surface area (Å²) in [6, 6.07) is 16.0. The summed E-state index contributed by atoms with van der Waals surface area (Å²) >= 11 is 9.54. The molecule has 0 fully saturated rings. The van der Waals surface area contributed by atoms with Crippen LogP contribution in [0.4, 0.5) is 0 Å². The topological polar surface area (TPSA) is 28.7 Å². The van der Waals surface area contributed by atoms with E-state index in [2.05, 4.69) is 39.1 Å². The first kappa shape index (κ1) is 12.9. The number of fused-ring (bicyclic) bond motifs is 2. The van der Waals surface area contributed by atoms with Gasteiger partial charge in [-0.1, -0.05) is 33.6 Å². The summed E-state index contributed by atoms with van der Waals surface area (Å²) in [5.41, 5.74) is 4.10. The Balaban J connectivity index is 1.95. The smallest absolute Gasteiger partial charge is 0.0731 e. The fourth-order valence-corrected chi connectivity index (χ4v) is 3.09. The van der Waals surface area contributed by atoms with Crippen molar-refractivity contribution in [3.8, 4) is 11.3 Å². The highest BCUT2D eigenvalue weighted by Crippen LogP contribution is 2.31. The molecule has 4 rings (SSSR count). The molecule has 0 aliphatic rings. The Bertz CT molecular complexity index is 975. The number of aromatic amines is 1. The van der Waals surface area contributed by atoms with Crippen LogP contribution in [0, 0.1) is 0 Å². The molecule has 4 heteroatoms. The monoisotopic (exact) mass is 356 g/mol. The Morgan fingerprint density at radius 3 is 2.81 bits per heavy atom. The summed E-state index contributed by atoms with van der Waals surface area (Å²) < 4.78 is 1.06. The lowest BCUT2D eigenvalue weighted by molar-refractivity contribution is 1.40. The summed E-state index contributed by atoms with van der Waals surface area (Å²) in [4.78, 5) is 8.03. The molecule has 0 saturated carbocycles. The molecule has 0 aliphatic carbocycles.